The van der Waals surface area contributed by atoms with Crippen LogP contribution in [0.4, 0.5) is 5.69 Å². The molecule has 29 heavy (non-hydrogen) atoms. The van der Waals surface area contributed by atoms with Crippen molar-refractivity contribution in [2.45, 2.75) is 12.8 Å². The predicted molar refractivity (Wildman–Crippen MR) is 115 cm³/mol. The molecule has 0 aliphatic rings. The van der Waals surface area contributed by atoms with Gasteiger partial charge < -0.3 is 9.47 Å². The summed E-state index contributed by atoms with van der Waals surface area (Å²) in [5.74, 6) is -0.251. The van der Waals surface area contributed by atoms with Gasteiger partial charge in [0, 0.05) is 11.8 Å². The molecule has 0 fully saturated rings. The number of para-hydroxylation sites is 1. The predicted octanol–water partition coefficient (Wildman–Crippen LogP) is 4.11. The van der Waals surface area contributed by atoms with E-state index < -0.39 is 5.97 Å². The van der Waals surface area contributed by atoms with Gasteiger partial charge in [0.2, 0.25) is 0 Å². The maximum atomic E-state index is 12.3. The van der Waals surface area contributed by atoms with E-state index in [0.717, 1.165) is 28.6 Å². The number of thioether (sulfide) groups is 1. The van der Waals surface area contributed by atoms with Crippen LogP contribution in [-0.2, 0) is 20.7 Å². The van der Waals surface area contributed by atoms with Crippen molar-refractivity contribution in [3.63, 3.8) is 0 Å². The molecule has 2 aromatic rings. The Morgan fingerprint density at radius 1 is 0.966 bits per heavy atom. The Morgan fingerprint density at radius 2 is 1.62 bits per heavy atom. The van der Waals surface area contributed by atoms with E-state index in [9.17, 15) is 14.4 Å². The Kier molecular flexibility index (Phi) is 9.02. The summed E-state index contributed by atoms with van der Waals surface area (Å²) in [5.41, 5.74) is 2.16. The van der Waals surface area contributed by atoms with Gasteiger partial charge in [0.15, 0.2) is 0 Å². The SMILES string of the molecule is COC(=O)c1ccc(CCCSCC(=O)N(Cl)c2ccccc2C(=O)OC)cc1. The fourth-order valence-corrected chi connectivity index (χ4v) is 3.66. The average Bonchev–Trinajstić information content (AvgIpc) is 2.77. The molecule has 8 heteroatoms. The number of hydrogen-bond donors (Lipinski definition) is 0. The summed E-state index contributed by atoms with van der Waals surface area (Å²) in [5, 5.41) is 0. The summed E-state index contributed by atoms with van der Waals surface area (Å²) >= 11 is 7.62. The Balaban J connectivity index is 1.79. The first kappa shape index (κ1) is 22.8. The highest BCUT2D eigenvalue weighted by molar-refractivity contribution is 7.99. The largest absolute Gasteiger partial charge is 0.465 e. The molecule has 0 aliphatic carbocycles. The van der Waals surface area contributed by atoms with Crippen LogP contribution in [0.2, 0.25) is 0 Å². The third kappa shape index (κ3) is 6.51. The molecule has 0 bridgehead atoms. The first-order valence-corrected chi connectivity index (χ1v) is 10.4. The number of anilines is 1. The summed E-state index contributed by atoms with van der Waals surface area (Å²) in [6.45, 7) is 0. The number of carbonyl (C=O) groups excluding carboxylic acids is 3. The fourth-order valence-electron chi connectivity index (χ4n) is 2.58. The van der Waals surface area contributed by atoms with Crippen LogP contribution in [0.3, 0.4) is 0 Å². The number of hydrogen-bond acceptors (Lipinski definition) is 6. The molecule has 0 radical (unpaired) electrons. The normalized spacial score (nSPS) is 10.3. The number of rotatable bonds is 9. The number of methoxy groups -OCH3 is 2. The maximum Gasteiger partial charge on any atom is 0.340 e. The molecule has 0 aliphatic heterocycles. The number of carbonyl (C=O) groups is 3. The Hall–Kier alpha value is -2.51. The number of nitrogens with zero attached hydrogens (tertiary/aromatic N) is 1. The molecule has 1 amide bonds. The van der Waals surface area contributed by atoms with Crippen molar-refractivity contribution in [2.24, 2.45) is 0 Å². The van der Waals surface area contributed by atoms with Crippen LogP contribution in [0.1, 0.15) is 32.7 Å². The van der Waals surface area contributed by atoms with Crippen LogP contribution >= 0.6 is 23.5 Å². The molecular formula is C21H22ClNO5S. The van der Waals surface area contributed by atoms with Gasteiger partial charge in [0.1, 0.15) is 0 Å². The van der Waals surface area contributed by atoms with Crippen molar-refractivity contribution in [2.75, 3.05) is 30.1 Å². The highest BCUT2D eigenvalue weighted by atomic mass is 35.5. The number of halogens is 1. The van der Waals surface area contributed by atoms with E-state index in [1.807, 2.05) is 12.1 Å². The van der Waals surface area contributed by atoms with Crippen molar-refractivity contribution in [1.82, 2.24) is 0 Å². The fraction of sp³-hybridized carbons (Fsp3) is 0.286. The Labute approximate surface area is 179 Å². The second-order valence-corrected chi connectivity index (χ2v) is 7.47. The molecule has 0 N–H and O–H groups in total. The molecule has 0 aromatic heterocycles. The van der Waals surface area contributed by atoms with Crippen LogP contribution in [0.5, 0.6) is 0 Å². The van der Waals surface area contributed by atoms with Gasteiger partial charge in [-0.3, -0.25) is 4.79 Å². The molecule has 0 unspecified atom stereocenters. The van der Waals surface area contributed by atoms with Gasteiger partial charge in [0.05, 0.1) is 36.8 Å². The smallest absolute Gasteiger partial charge is 0.340 e. The van der Waals surface area contributed by atoms with Crippen LogP contribution in [0.25, 0.3) is 0 Å². The first-order chi connectivity index (χ1) is 14.0. The number of amides is 1. The molecule has 0 saturated heterocycles. The van der Waals surface area contributed by atoms with E-state index in [1.54, 1.807) is 36.4 Å². The van der Waals surface area contributed by atoms with Gasteiger partial charge in [-0.2, -0.15) is 11.8 Å². The van der Waals surface area contributed by atoms with Crippen molar-refractivity contribution in [1.29, 1.82) is 0 Å². The molecule has 6 nitrogen and oxygen atoms in total. The molecule has 0 heterocycles. The number of esters is 2. The van der Waals surface area contributed by atoms with Crippen molar-refractivity contribution in [3.05, 3.63) is 65.2 Å². The van der Waals surface area contributed by atoms with E-state index >= 15 is 0 Å². The molecule has 0 atom stereocenters. The lowest BCUT2D eigenvalue weighted by Gasteiger charge is -2.16. The second kappa shape index (κ2) is 11.5. The topological polar surface area (TPSA) is 72.9 Å². The van der Waals surface area contributed by atoms with Crippen LogP contribution < -0.4 is 4.42 Å². The summed E-state index contributed by atoms with van der Waals surface area (Å²) < 4.78 is 10.4. The molecule has 0 spiro atoms. The molecule has 2 aromatic carbocycles. The van der Waals surface area contributed by atoms with Crippen LogP contribution in [-0.4, -0.2) is 43.6 Å². The molecule has 0 saturated carbocycles. The molecule has 2 rings (SSSR count). The highest BCUT2D eigenvalue weighted by Crippen LogP contribution is 2.24. The zero-order valence-electron chi connectivity index (χ0n) is 16.2. The summed E-state index contributed by atoms with van der Waals surface area (Å²) in [4.78, 5) is 35.6. The number of aryl methyl sites for hydroxylation is 1. The monoisotopic (exact) mass is 435 g/mol. The minimum Gasteiger partial charge on any atom is -0.465 e. The van der Waals surface area contributed by atoms with E-state index in [0.29, 0.717) is 11.3 Å². The number of benzene rings is 2. The lowest BCUT2D eigenvalue weighted by atomic mass is 10.1. The third-order valence-corrected chi connectivity index (χ3v) is 5.49. The summed E-state index contributed by atoms with van der Waals surface area (Å²) in [7, 11) is 2.63. The summed E-state index contributed by atoms with van der Waals surface area (Å²) in [6, 6.07) is 13.8. The Morgan fingerprint density at radius 3 is 2.28 bits per heavy atom. The zero-order chi connectivity index (χ0) is 21.2. The second-order valence-electron chi connectivity index (χ2n) is 6.03. The van der Waals surface area contributed by atoms with Crippen molar-refractivity contribution in [3.8, 4) is 0 Å². The van der Waals surface area contributed by atoms with Crippen molar-refractivity contribution >= 4 is 47.1 Å². The van der Waals surface area contributed by atoms with Crippen LogP contribution in [0, 0.1) is 0 Å². The van der Waals surface area contributed by atoms with E-state index in [4.69, 9.17) is 16.5 Å². The minimum atomic E-state index is -0.551. The molecular weight excluding hydrogens is 414 g/mol. The van der Waals surface area contributed by atoms with Gasteiger partial charge in [-0.15, -0.1) is 0 Å². The zero-order valence-corrected chi connectivity index (χ0v) is 17.8. The standard InChI is InChI=1S/C21H22ClNO5S/c1-27-20(25)16-11-9-15(10-12-16)6-5-13-29-14-19(24)23(22)18-8-4-3-7-17(18)21(26)28-2/h3-4,7-12H,5-6,13-14H2,1-2H3. The Bertz CT molecular complexity index is 856. The van der Waals surface area contributed by atoms with Gasteiger partial charge in [-0.1, -0.05) is 24.3 Å². The highest BCUT2D eigenvalue weighted by Gasteiger charge is 2.20. The maximum absolute atomic E-state index is 12.3. The number of ether oxygens (including phenoxy) is 2. The van der Waals surface area contributed by atoms with Crippen molar-refractivity contribution < 1.29 is 23.9 Å². The minimum absolute atomic E-state index is 0.195. The third-order valence-electron chi connectivity index (χ3n) is 4.09. The van der Waals surface area contributed by atoms with Gasteiger partial charge >= 0.3 is 11.9 Å². The first-order valence-electron chi connectivity index (χ1n) is 8.89. The van der Waals surface area contributed by atoms with E-state index in [-0.39, 0.29) is 23.2 Å². The summed E-state index contributed by atoms with van der Waals surface area (Å²) in [6.07, 6.45) is 1.70. The lowest BCUT2D eigenvalue weighted by Crippen LogP contribution is -2.25. The van der Waals surface area contributed by atoms with Gasteiger partial charge in [-0.05, 0) is 48.4 Å². The van der Waals surface area contributed by atoms with Gasteiger partial charge in [-0.25, -0.2) is 14.0 Å². The quantitative estimate of drug-likeness (QED) is 0.335. The van der Waals surface area contributed by atoms with E-state index in [1.165, 1.54) is 26.0 Å². The molecule has 154 valence electrons. The van der Waals surface area contributed by atoms with Gasteiger partial charge in [0.25, 0.3) is 5.91 Å². The van der Waals surface area contributed by atoms with E-state index in [2.05, 4.69) is 4.74 Å². The average molecular weight is 436 g/mol. The van der Waals surface area contributed by atoms with Crippen LogP contribution in [0.15, 0.2) is 48.5 Å². The lowest BCUT2D eigenvalue weighted by molar-refractivity contribution is -0.115.